The summed E-state index contributed by atoms with van der Waals surface area (Å²) in [7, 11) is 0. The van der Waals surface area contributed by atoms with Gasteiger partial charge in [-0.25, -0.2) is 0 Å². The maximum absolute atomic E-state index is 4.23. The van der Waals surface area contributed by atoms with E-state index in [2.05, 4.69) is 34.7 Å². The summed E-state index contributed by atoms with van der Waals surface area (Å²) in [6.45, 7) is 10.3. The molecule has 2 heterocycles. The van der Waals surface area contributed by atoms with Crippen molar-refractivity contribution >= 4 is 5.82 Å². The van der Waals surface area contributed by atoms with Crippen LogP contribution in [0, 0.1) is 12.8 Å². The molecule has 0 radical (unpaired) electrons. The van der Waals surface area contributed by atoms with Crippen molar-refractivity contribution in [2.75, 3.05) is 18.0 Å². The fraction of sp³-hybridized carbons (Fsp3) is 0.538. The molecule has 0 aliphatic carbocycles. The van der Waals surface area contributed by atoms with Gasteiger partial charge in [0.05, 0.1) is 5.69 Å². The zero-order chi connectivity index (χ0) is 11.5. The third-order valence-electron chi connectivity index (χ3n) is 3.30. The number of anilines is 1. The van der Waals surface area contributed by atoms with Crippen LogP contribution in [0.15, 0.2) is 24.3 Å². The van der Waals surface area contributed by atoms with E-state index in [1.807, 2.05) is 13.0 Å². The number of rotatable bonds is 2. The summed E-state index contributed by atoms with van der Waals surface area (Å²) in [5, 5.41) is 8.32. The second-order valence-corrected chi connectivity index (χ2v) is 4.64. The number of allylic oxidation sites excluding steroid dienone is 1. The minimum absolute atomic E-state index is 0.689. The highest BCUT2D eigenvalue weighted by Gasteiger charge is 2.20. The van der Waals surface area contributed by atoms with E-state index >= 15 is 0 Å². The van der Waals surface area contributed by atoms with Gasteiger partial charge in [-0.3, -0.25) is 0 Å². The molecule has 1 aromatic heterocycles. The standard InChI is InChI=1S/C13H19N3/c1-10(2)12-6-8-16(9-7-12)13-5-4-11(3)14-15-13/h4-5,12H,1,6-9H2,2-3H3. The zero-order valence-electron chi connectivity index (χ0n) is 10.1. The van der Waals surface area contributed by atoms with Gasteiger partial charge in [-0.05, 0) is 44.7 Å². The van der Waals surface area contributed by atoms with Gasteiger partial charge in [-0.2, -0.15) is 5.10 Å². The average molecular weight is 217 g/mol. The minimum Gasteiger partial charge on any atom is -0.355 e. The molecule has 3 nitrogen and oxygen atoms in total. The van der Waals surface area contributed by atoms with Gasteiger partial charge >= 0.3 is 0 Å². The van der Waals surface area contributed by atoms with Gasteiger partial charge in [-0.1, -0.05) is 12.2 Å². The SMILES string of the molecule is C=C(C)C1CCN(c2ccc(C)nn2)CC1. The smallest absolute Gasteiger partial charge is 0.151 e. The van der Waals surface area contributed by atoms with Crippen molar-refractivity contribution in [2.45, 2.75) is 26.7 Å². The molecule has 86 valence electrons. The van der Waals surface area contributed by atoms with E-state index in [0.717, 1.165) is 24.6 Å². The summed E-state index contributed by atoms with van der Waals surface area (Å²) in [6.07, 6.45) is 2.37. The van der Waals surface area contributed by atoms with Crippen LogP contribution in [0.1, 0.15) is 25.5 Å². The zero-order valence-corrected chi connectivity index (χ0v) is 10.1. The van der Waals surface area contributed by atoms with Crippen LogP contribution in [-0.4, -0.2) is 23.3 Å². The second kappa shape index (κ2) is 4.64. The van der Waals surface area contributed by atoms with E-state index in [4.69, 9.17) is 0 Å². The van der Waals surface area contributed by atoms with E-state index < -0.39 is 0 Å². The molecule has 0 saturated carbocycles. The van der Waals surface area contributed by atoms with Crippen LogP contribution in [0.4, 0.5) is 5.82 Å². The Kier molecular flexibility index (Phi) is 3.22. The van der Waals surface area contributed by atoms with Gasteiger partial charge in [0.2, 0.25) is 0 Å². The van der Waals surface area contributed by atoms with Gasteiger partial charge in [0.25, 0.3) is 0 Å². The largest absolute Gasteiger partial charge is 0.355 e. The lowest BCUT2D eigenvalue weighted by Crippen LogP contribution is -2.34. The Morgan fingerprint density at radius 2 is 2.00 bits per heavy atom. The Morgan fingerprint density at radius 1 is 1.31 bits per heavy atom. The monoisotopic (exact) mass is 217 g/mol. The molecule has 2 rings (SSSR count). The molecule has 0 bridgehead atoms. The third kappa shape index (κ3) is 2.40. The Bertz CT molecular complexity index is 361. The fourth-order valence-electron chi connectivity index (χ4n) is 2.16. The molecule has 1 fully saturated rings. The molecule has 1 saturated heterocycles. The maximum Gasteiger partial charge on any atom is 0.151 e. The minimum atomic E-state index is 0.689. The van der Waals surface area contributed by atoms with E-state index in [9.17, 15) is 0 Å². The molecule has 1 aliphatic heterocycles. The second-order valence-electron chi connectivity index (χ2n) is 4.64. The van der Waals surface area contributed by atoms with Crippen molar-refractivity contribution in [3.8, 4) is 0 Å². The molecule has 16 heavy (non-hydrogen) atoms. The van der Waals surface area contributed by atoms with Gasteiger partial charge < -0.3 is 4.90 Å². The summed E-state index contributed by atoms with van der Waals surface area (Å²) in [5.41, 5.74) is 2.29. The number of hydrogen-bond donors (Lipinski definition) is 0. The molecule has 0 unspecified atom stereocenters. The fourth-order valence-corrected chi connectivity index (χ4v) is 2.16. The summed E-state index contributed by atoms with van der Waals surface area (Å²) >= 11 is 0. The lowest BCUT2D eigenvalue weighted by molar-refractivity contribution is 0.456. The van der Waals surface area contributed by atoms with Crippen LogP contribution in [0.25, 0.3) is 0 Å². The van der Waals surface area contributed by atoms with Gasteiger partial charge in [0, 0.05) is 13.1 Å². The van der Waals surface area contributed by atoms with E-state index in [-0.39, 0.29) is 0 Å². The maximum atomic E-state index is 4.23. The molecule has 0 spiro atoms. The number of hydrogen-bond acceptors (Lipinski definition) is 3. The molecule has 0 N–H and O–H groups in total. The molecule has 0 amide bonds. The molecular formula is C13H19N3. The lowest BCUT2D eigenvalue weighted by atomic mass is 9.91. The summed E-state index contributed by atoms with van der Waals surface area (Å²) in [6, 6.07) is 4.08. The first-order valence-corrected chi connectivity index (χ1v) is 5.87. The molecule has 0 atom stereocenters. The van der Waals surface area contributed by atoms with Crippen molar-refractivity contribution in [1.29, 1.82) is 0 Å². The van der Waals surface area contributed by atoms with Gasteiger partial charge in [0.15, 0.2) is 5.82 Å². The Balaban J connectivity index is 1.99. The predicted octanol–water partition coefficient (Wildman–Crippen LogP) is 2.58. The highest BCUT2D eigenvalue weighted by Crippen LogP contribution is 2.25. The molecule has 3 heteroatoms. The summed E-state index contributed by atoms with van der Waals surface area (Å²) < 4.78 is 0. The molecule has 1 aromatic rings. The van der Waals surface area contributed by atoms with E-state index in [1.165, 1.54) is 18.4 Å². The number of aromatic nitrogens is 2. The molecular weight excluding hydrogens is 198 g/mol. The Hall–Kier alpha value is -1.38. The highest BCUT2D eigenvalue weighted by atomic mass is 15.3. The van der Waals surface area contributed by atoms with Crippen LogP contribution in [0.5, 0.6) is 0 Å². The summed E-state index contributed by atoms with van der Waals surface area (Å²) in [4.78, 5) is 2.31. The van der Waals surface area contributed by atoms with Crippen LogP contribution < -0.4 is 4.90 Å². The van der Waals surface area contributed by atoms with Crippen LogP contribution in [0.2, 0.25) is 0 Å². The van der Waals surface area contributed by atoms with Gasteiger partial charge in [0.1, 0.15) is 0 Å². The first-order chi connectivity index (χ1) is 7.66. The van der Waals surface area contributed by atoms with Gasteiger partial charge in [-0.15, -0.1) is 5.10 Å². The number of aryl methyl sites for hydroxylation is 1. The van der Waals surface area contributed by atoms with Crippen molar-refractivity contribution in [1.82, 2.24) is 10.2 Å². The molecule has 0 aromatic carbocycles. The normalized spacial score (nSPS) is 17.5. The Morgan fingerprint density at radius 3 is 2.50 bits per heavy atom. The van der Waals surface area contributed by atoms with Crippen molar-refractivity contribution in [2.24, 2.45) is 5.92 Å². The highest BCUT2D eigenvalue weighted by molar-refractivity contribution is 5.37. The van der Waals surface area contributed by atoms with Crippen molar-refractivity contribution < 1.29 is 0 Å². The van der Waals surface area contributed by atoms with Crippen LogP contribution >= 0.6 is 0 Å². The van der Waals surface area contributed by atoms with Crippen molar-refractivity contribution in [3.63, 3.8) is 0 Å². The van der Waals surface area contributed by atoms with E-state index in [1.54, 1.807) is 0 Å². The first-order valence-electron chi connectivity index (χ1n) is 5.87. The van der Waals surface area contributed by atoms with Crippen LogP contribution in [-0.2, 0) is 0 Å². The first kappa shape index (κ1) is 11.1. The average Bonchev–Trinajstić information content (AvgIpc) is 2.30. The number of nitrogens with zero attached hydrogens (tertiary/aromatic N) is 3. The quantitative estimate of drug-likeness (QED) is 0.713. The lowest BCUT2D eigenvalue weighted by Gasteiger charge is -2.32. The van der Waals surface area contributed by atoms with E-state index in [0.29, 0.717) is 5.92 Å². The van der Waals surface area contributed by atoms with Crippen LogP contribution in [0.3, 0.4) is 0 Å². The number of piperidine rings is 1. The molecule has 1 aliphatic rings. The third-order valence-corrected chi connectivity index (χ3v) is 3.30. The Labute approximate surface area is 97.2 Å². The predicted molar refractivity (Wildman–Crippen MR) is 66.5 cm³/mol. The topological polar surface area (TPSA) is 29.0 Å². The summed E-state index contributed by atoms with van der Waals surface area (Å²) in [5.74, 6) is 1.69. The van der Waals surface area contributed by atoms with Crippen molar-refractivity contribution in [3.05, 3.63) is 30.0 Å².